The molecule has 21 nitrogen and oxygen atoms in total. The Bertz CT molecular complexity index is 1900. The van der Waals surface area contributed by atoms with Crippen LogP contribution in [0.5, 0.6) is 0 Å². The number of piperazine rings is 2. The van der Waals surface area contributed by atoms with Gasteiger partial charge in [-0.1, -0.05) is 13.8 Å². The molecule has 0 aliphatic carbocycles. The Kier molecular flexibility index (Phi) is 34.7. The number of ether oxygens (including phenoxy) is 4. The number of carbonyl (C=O) groups is 5. The monoisotopic (exact) mass is 1010 g/mol. The molecule has 25 heteroatoms. The first-order chi connectivity index (χ1) is 30.9. The largest absolute Gasteiger partial charge is 1.00 e. The van der Waals surface area contributed by atoms with Gasteiger partial charge in [0.15, 0.2) is 0 Å². The maximum absolute atomic E-state index is 12.8. The number of esters is 2. The Morgan fingerprint density at radius 3 is 1.66 bits per heavy atom. The average Bonchev–Trinajstić information content (AvgIpc) is 3.25. The third-order valence-electron chi connectivity index (χ3n) is 8.70. The summed E-state index contributed by atoms with van der Waals surface area (Å²) in [4.78, 5) is 84.8. The third-order valence-corrected chi connectivity index (χ3v) is 8.70. The Hall–Kier alpha value is -2.96. The number of nitrogens with one attached hydrogen (secondary N) is 1. The molecule has 0 bridgehead atoms. The van der Waals surface area contributed by atoms with E-state index in [1.807, 2.05) is 48.5 Å². The van der Waals surface area contributed by atoms with Gasteiger partial charge in [0, 0.05) is 69.2 Å². The topological polar surface area (TPSA) is 263 Å². The van der Waals surface area contributed by atoms with Gasteiger partial charge in [-0.2, -0.15) is 0 Å². The summed E-state index contributed by atoms with van der Waals surface area (Å²) in [5.41, 5.74) is -1.47. The van der Waals surface area contributed by atoms with Crippen molar-refractivity contribution in [3.05, 3.63) is 73.6 Å². The molecule has 0 radical (unpaired) electrons. The van der Waals surface area contributed by atoms with Gasteiger partial charge in [-0.15, -0.1) is 0 Å². The summed E-state index contributed by atoms with van der Waals surface area (Å²) in [5, 5.41) is 33.6. The number of nitrogens with zero attached hydrogens (tertiary/aromatic N) is 5. The first kappa shape index (κ1) is 66.1. The summed E-state index contributed by atoms with van der Waals surface area (Å²) in [6, 6.07) is 7.50. The zero-order chi connectivity index (χ0) is 50.8. The van der Waals surface area contributed by atoms with Crippen LogP contribution in [0, 0.1) is 26.0 Å². The molecule has 2 atom stereocenters. The molecule has 2 aromatic carbocycles. The molecular weight excluding hydrogens is 945 g/mol. The maximum Gasteiger partial charge on any atom is 1.00 e. The zero-order valence-electron chi connectivity index (χ0n) is 42.6. The summed E-state index contributed by atoms with van der Waals surface area (Å²) in [7, 11) is -1.00. The van der Waals surface area contributed by atoms with Crippen LogP contribution in [0.25, 0.3) is 0 Å². The second-order valence-corrected chi connectivity index (χ2v) is 15.7. The van der Waals surface area contributed by atoms with E-state index < -0.39 is 51.6 Å². The molecule has 0 unspecified atom stereocenters. The minimum atomic E-state index is -1.00. The summed E-state index contributed by atoms with van der Waals surface area (Å²) in [5.74, 6) is -2.34. The number of carbonyl (C=O) groups excluding carboxylic acids is 5. The Balaban J connectivity index is -0.000000449. The van der Waals surface area contributed by atoms with Crippen molar-refractivity contribution < 1.29 is 177 Å². The van der Waals surface area contributed by atoms with Gasteiger partial charge in [0.25, 0.3) is 17.8 Å². The van der Waals surface area contributed by atoms with Crippen molar-refractivity contribution in [3.63, 3.8) is 0 Å². The smallest absolute Gasteiger partial charge is 1.00 e. The molecule has 0 aromatic heterocycles. The molecule has 2 amide bonds. The Morgan fingerprint density at radius 2 is 1.25 bits per heavy atom. The minimum Gasteiger partial charge on any atom is -1.00 e. The van der Waals surface area contributed by atoms with Crippen LogP contribution in [-0.2, 0) is 28.6 Å². The second kappa shape index (κ2) is 35.2. The average molecular weight is 1010 g/mol. The van der Waals surface area contributed by atoms with Gasteiger partial charge >= 0.3 is 127 Å². The van der Waals surface area contributed by atoms with Gasteiger partial charge in [0.2, 0.25) is 0 Å². The van der Waals surface area contributed by atoms with E-state index in [-0.39, 0.29) is 159 Å². The number of amides is 2. The molecule has 0 saturated carbocycles. The summed E-state index contributed by atoms with van der Waals surface area (Å²) in [6.45, 7) is 22.3. The fourth-order valence-electron chi connectivity index (χ4n) is 5.90. The number of rotatable bonds is 10. The van der Waals surface area contributed by atoms with Crippen LogP contribution in [0.2, 0.25) is 0 Å². The fraction of sp³-hybridized carbons (Fsp3) is 0.595. The standard InChI is InChI=1S/C20H29N3O6.C11H22N2O2.C9H8FNO4.CH3F.CH2O3.2K.H/c1-6-14-13-21(19(25)29-20(3,4)5)10-11-22(14)15-8-9-17(23(26)27)16(12-15)18(24)28-7-2;1-5-9-8-13(7-6-12-9)10(14)15-11(2,3)4;1-2-15-9(12)7-5-6(10)3-4-8(7)11(13)14;1-2;2-1-4-3;;;/h8-9,12,14H,6-7,10-11,13H2,1-5H3;9,12H,5-8H2,1-4H3;3-5H,2H2,1H3;1H3;1,3H;;;/q;;;;;2*+1;-1/p-1/t14-;9-;;;;;;/m00....../s1/i;;;1D;;;;. The van der Waals surface area contributed by atoms with Crippen molar-refractivity contribution in [1.29, 1.82) is 0 Å². The number of halogens is 2. The van der Waals surface area contributed by atoms with Crippen molar-refractivity contribution in [2.24, 2.45) is 0 Å². The third kappa shape index (κ3) is 26.0. The second-order valence-electron chi connectivity index (χ2n) is 15.7. The van der Waals surface area contributed by atoms with E-state index in [2.05, 4.69) is 26.8 Å². The zero-order valence-corrected chi connectivity index (χ0v) is 46.8. The fourth-order valence-corrected chi connectivity index (χ4v) is 5.90. The van der Waals surface area contributed by atoms with Crippen LogP contribution in [0.1, 0.15) is 106 Å². The quantitative estimate of drug-likeness (QED) is 0.0637. The number of hydrogen-bond acceptors (Lipinski definition) is 17. The predicted octanol–water partition coefficient (Wildman–Crippen LogP) is 0.264. The van der Waals surface area contributed by atoms with Crippen molar-refractivity contribution in [2.75, 3.05) is 64.5 Å². The molecule has 2 saturated heterocycles. The predicted molar refractivity (Wildman–Crippen MR) is 232 cm³/mol. The molecule has 1 N–H and O–H groups in total. The summed E-state index contributed by atoms with van der Waals surface area (Å²) in [6.07, 6.45) is 1.25. The Labute approximate surface area is 478 Å². The van der Waals surface area contributed by atoms with Gasteiger partial charge in [-0.05, 0) is 92.5 Å². The van der Waals surface area contributed by atoms with Crippen LogP contribution >= 0.6 is 0 Å². The van der Waals surface area contributed by atoms with Crippen molar-refractivity contribution in [1.82, 2.24) is 15.1 Å². The first-order valence-corrected chi connectivity index (χ1v) is 20.5. The Morgan fingerprint density at radius 1 is 0.806 bits per heavy atom. The van der Waals surface area contributed by atoms with Crippen LogP contribution < -0.4 is 118 Å². The number of alkyl halides is 1. The molecule has 2 fully saturated rings. The van der Waals surface area contributed by atoms with Crippen molar-refractivity contribution in [3.8, 4) is 0 Å². The van der Waals surface area contributed by atoms with Crippen molar-refractivity contribution in [2.45, 2.75) is 105 Å². The molecule has 2 aromatic rings. The van der Waals surface area contributed by atoms with E-state index in [1.165, 1.54) is 12.1 Å². The number of hydrogen-bond donors (Lipinski definition) is 1. The minimum absolute atomic E-state index is 0. The first-order valence-electron chi connectivity index (χ1n) is 21.2. The van der Waals surface area contributed by atoms with E-state index in [9.17, 15) is 48.2 Å². The number of nitro groups is 2. The van der Waals surface area contributed by atoms with Gasteiger partial charge in [-0.3, -0.25) is 29.4 Å². The molecule has 2 aliphatic heterocycles. The molecule has 2 aliphatic rings. The van der Waals surface area contributed by atoms with Gasteiger partial charge in [0.05, 0.1) is 31.6 Å². The normalized spacial score (nSPS) is 15.2. The SMILES string of the molecule is CCOC(=O)c1cc(F)ccc1[N+](=O)[O-].CCOC(=O)c1cc(N2CCN(C(=O)OC(C)(C)C)C[C@@H]2CC)ccc1[N+](=O)[O-].CC[C@H]1CN(C(=O)OC(C)(C)C)CCN1.O=CO[O-].[2H]CF.[H-].[K+].[K+]. The molecular formula is C42H64F2K2N6O15. The van der Waals surface area contributed by atoms with Crippen LogP contribution in [0.3, 0.4) is 0 Å². The van der Waals surface area contributed by atoms with Gasteiger partial charge in [0.1, 0.15) is 28.1 Å². The maximum atomic E-state index is 12.8. The van der Waals surface area contributed by atoms with Crippen molar-refractivity contribution >= 4 is 47.7 Å². The van der Waals surface area contributed by atoms with E-state index in [0.29, 0.717) is 31.4 Å². The van der Waals surface area contributed by atoms with Crippen LogP contribution in [0.4, 0.5) is 35.4 Å². The number of anilines is 1. The molecule has 67 heavy (non-hydrogen) atoms. The van der Waals surface area contributed by atoms with E-state index >= 15 is 0 Å². The van der Waals surface area contributed by atoms with E-state index in [0.717, 1.165) is 50.7 Å². The molecule has 368 valence electrons. The molecule has 0 spiro atoms. The van der Waals surface area contributed by atoms with E-state index in [4.69, 9.17) is 25.6 Å². The number of nitro benzene ring substituents is 2. The van der Waals surface area contributed by atoms with E-state index in [1.54, 1.807) is 29.7 Å². The summed E-state index contributed by atoms with van der Waals surface area (Å²) >= 11 is 0. The summed E-state index contributed by atoms with van der Waals surface area (Å²) < 4.78 is 48.6. The number of benzene rings is 2. The van der Waals surface area contributed by atoms with Gasteiger partial charge in [-0.25, -0.2) is 23.6 Å². The molecule has 2 heterocycles. The molecule has 4 rings (SSSR count). The van der Waals surface area contributed by atoms with Crippen LogP contribution in [0.15, 0.2) is 36.4 Å². The van der Waals surface area contributed by atoms with Gasteiger partial charge < -0.3 is 50.5 Å². The van der Waals surface area contributed by atoms with Crippen LogP contribution in [-0.4, -0.2) is 133 Å².